The van der Waals surface area contributed by atoms with Gasteiger partial charge in [0.25, 0.3) is 0 Å². The van der Waals surface area contributed by atoms with Crippen molar-refractivity contribution in [3.05, 3.63) is 35.9 Å². The molecule has 0 N–H and O–H groups in total. The minimum absolute atomic E-state index is 0.0885. The molecule has 3 atom stereocenters. The van der Waals surface area contributed by atoms with E-state index in [2.05, 4.69) is 0 Å². The highest BCUT2D eigenvalue weighted by molar-refractivity contribution is 5.95. The quantitative estimate of drug-likeness (QED) is 0.829. The summed E-state index contributed by atoms with van der Waals surface area (Å²) in [4.78, 5) is 40.9. The van der Waals surface area contributed by atoms with E-state index in [4.69, 9.17) is 9.47 Å². The second-order valence-electron chi connectivity index (χ2n) is 7.08. The van der Waals surface area contributed by atoms with Crippen LogP contribution in [-0.2, 0) is 20.8 Å². The minimum atomic E-state index is -1.27. The molecule has 1 aromatic carbocycles. The van der Waals surface area contributed by atoms with E-state index in [1.54, 1.807) is 16.7 Å². The number of nitrogens with zero attached hydrogens (tertiary/aromatic N) is 2. The van der Waals surface area contributed by atoms with Gasteiger partial charge < -0.3 is 9.47 Å². The third kappa shape index (κ3) is 2.53. The Labute approximate surface area is 151 Å². The van der Waals surface area contributed by atoms with E-state index >= 15 is 0 Å². The fraction of sp³-hybridized carbons (Fsp3) is 0.526. The fourth-order valence-electron chi connectivity index (χ4n) is 4.43. The van der Waals surface area contributed by atoms with E-state index in [0.29, 0.717) is 13.0 Å². The van der Waals surface area contributed by atoms with Gasteiger partial charge in [-0.05, 0) is 25.3 Å². The smallest absolute Gasteiger partial charge is 0.411 e. The topological polar surface area (TPSA) is 76.2 Å². The molecule has 7 nitrogen and oxygen atoms in total. The summed E-state index contributed by atoms with van der Waals surface area (Å²) in [5.41, 5.74) is -0.303. The lowest BCUT2D eigenvalue weighted by atomic mass is 9.84. The summed E-state index contributed by atoms with van der Waals surface area (Å²) in [5.74, 6) is -0.0885. The number of fused-ring (bicyclic) bond motifs is 3. The maximum atomic E-state index is 12.9. The predicted molar refractivity (Wildman–Crippen MR) is 91.4 cm³/mol. The Morgan fingerprint density at radius 2 is 2.04 bits per heavy atom. The van der Waals surface area contributed by atoms with Gasteiger partial charge in [0.15, 0.2) is 5.78 Å². The zero-order chi connectivity index (χ0) is 18.3. The Morgan fingerprint density at radius 3 is 2.77 bits per heavy atom. The number of benzene rings is 1. The molecule has 1 spiro atoms. The molecule has 2 amide bonds. The molecule has 3 aliphatic heterocycles. The molecule has 0 aliphatic carbocycles. The van der Waals surface area contributed by atoms with Crippen molar-refractivity contribution in [1.82, 2.24) is 9.80 Å². The molecular weight excluding hydrogens is 336 g/mol. The number of carbonyl (C=O) groups excluding carboxylic acids is 3. The van der Waals surface area contributed by atoms with Crippen LogP contribution in [0.5, 0.6) is 0 Å². The van der Waals surface area contributed by atoms with Crippen LogP contribution >= 0.6 is 0 Å². The maximum Gasteiger partial charge on any atom is 0.411 e. The SMILES string of the molecule is CCOC(=O)N1[C@H]2CC[C@@H]1[C@]1(CN(Cc3ccccc3)C(=O)O1)C(=O)C2. The molecule has 7 heteroatoms. The lowest BCUT2D eigenvalue weighted by Crippen LogP contribution is -2.64. The van der Waals surface area contributed by atoms with Crippen molar-refractivity contribution >= 4 is 18.0 Å². The first kappa shape index (κ1) is 16.9. The number of rotatable bonds is 3. The van der Waals surface area contributed by atoms with Crippen LogP contribution in [0.25, 0.3) is 0 Å². The zero-order valence-electron chi connectivity index (χ0n) is 14.7. The van der Waals surface area contributed by atoms with Gasteiger partial charge in [-0.1, -0.05) is 30.3 Å². The highest BCUT2D eigenvalue weighted by atomic mass is 16.6. The summed E-state index contributed by atoms with van der Waals surface area (Å²) in [5, 5.41) is 0. The molecule has 3 aliphatic rings. The van der Waals surface area contributed by atoms with Crippen molar-refractivity contribution < 1.29 is 23.9 Å². The highest BCUT2D eigenvalue weighted by Gasteiger charge is 2.64. The molecule has 138 valence electrons. The van der Waals surface area contributed by atoms with Gasteiger partial charge in [-0.15, -0.1) is 0 Å². The van der Waals surface area contributed by atoms with Gasteiger partial charge in [0, 0.05) is 19.0 Å². The fourth-order valence-corrected chi connectivity index (χ4v) is 4.43. The summed E-state index contributed by atoms with van der Waals surface area (Å²) in [7, 11) is 0. The van der Waals surface area contributed by atoms with E-state index in [1.165, 1.54) is 0 Å². The lowest BCUT2D eigenvalue weighted by Gasteiger charge is -2.42. The summed E-state index contributed by atoms with van der Waals surface area (Å²) in [6.45, 7) is 2.58. The third-order valence-electron chi connectivity index (χ3n) is 5.58. The minimum Gasteiger partial charge on any atom is -0.450 e. The second-order valence-corrected chi connectivity index (χ2v) is 7.08. The first-order chi connectivity index (χ1) is 12.5. The van der Waals surface area contributed by atoms with Crippen LogP contribution in [0.2, 0.25) is 0 Å². The van der Waals surface area contributed by atoms with Gasteiger partial charge in [-0.2, -0.15) is 0 Å². The van der Waals surface area contributed by atoms with E-state index in [-0.39, 0.29) is 31.4 Å². The number of ether oxygens (including phenoxy) is 2. The zero-order valence-corrected chi connectivity index (χ0v) is 14.7. The Morgan fingerprint density at radius 1 is 1.27 bits per heavy atom. The Bertz CT molecular complexity index is 737. The number of carbonyl (C=O) groups is 3. The molecule has 1 aromatic rings. The molecule has 0 saturated carbocycles. The summed E-state index contributed by atoms with van der Waals surface area (Å²) in [6, 6.07) is 8.98. The van der Waals surface area contributed by atoms with Crippen molar-refractivity contribution in [2.75, 3.05) is 13.2 Å². The van der Waals surface area contributed by atoms with Crippen molar-refractivity contribution in [3.63, 3.8) is 0 Å². The van der Waals surface area contributed by atoms with E-state index in [9.17, 15) is 14.4 Å². The molecule has 0 radical (unpaired) electrons. The van der Waals surface area contributed by atoms with Gasteiger partial charge in [-0.25, -0.2) is 9.59 Å². The highest BCUT2D eigenvalue weighted by Crippen LogP contribution is 2.45. The first-order valence-electron chi connectivity index (χ1n) is 9.05. The van der Waals surface area contributed by atoms with Gasteiger partial charge >= 0.3 is 12.2 Å². The van der Waals surface area contributed by atoms with Crippen LogP contribution < -0.4 is 0 Å². The normalized spacial score (nSPS) is 30.0. The number of ketones is 1. The lowest BCUT2D eigenvalue weighted by molar-refractivity contribution is -0.145. The molecule has 0 unspecified atom stereocenters. The van der Waals surface area contributed by atoms with Crippen LogP contribution in [0.15, 0.2) is 30.3 Å². The summed E-state index contributed by atoms with van der Waals surface area (Å²) in [6.07, 6.45) is 0.650. The van der Waals surface area contributed by atoms with Gasteiger partial charge in [0.1, 0.15) is 0 Å². The Balaban J connectivity index is 1.59. The molecule has 3 fully saturated rings. The monoisotopic (exact) mass is 358 g/mol. The van der Waals surface area contributed by atoms with Gasteiger partial charge in [0.05, 0.1) is 19.2 Å². The summed E-state index contributed by atoms with van der Waals surface area (Å²) < 4.78 is 10.8. The summed E-state index contributed by atoms with van der Waals surface area (Å²) >= 11 is 0. The Kier molecular flexibility index (Phi) is 4.09. The maximum absolute atomic E-state index is 12.9. The van der Waals surface area contributed by atoms with Crippen LogP contribution in [0, 0.1) is 0 Å². The Hall–Kier alpha value is -2.57. The van der Waals surface area contributed by atoms with Crippen LogP contribution in [-0.4, -0.2) is 58.6 Å². The average molecular weight is 358 g/mol. The van der Waals surface area contributed by atoms with Crippen molar-refractivity contribution in [3.8, 4) is 0 Å². The molecule has 2 bridgehead atoms. The second kappa shape index (κ2) is 6.30. The van der Waals surface area contributed by atoms with Gasteiger partial charge in [0.2, 0.25) is 5.60 Å². The first-order valence-corrected chi connectivity index (χ1v) is 9.05. The van der Waals surface area contributed by atoms with E-state index < -0.39 is 23.8 Å². The third-order valence-corrected chi connectivity index (χ3v) is 5.58. The van der Waals surface area contributed by atoms with Gasteiger partial charge in [-0.3, -0.25) is 14.6 Å². The van der Waals surface area contributed by atoms with E-state index in [0.717, 1.165) is 12.0 Å². The molecular formula is C19H22N2O5. The van der Waals surface area contributed by atoms with Crippen LogP contribution in [0.3, 0.4) is 0 Å². The molecule has 3 heterocycles. The number of Topliss-reactive ketones (excluding diaryl/α,β-unsaturated/α-hetero) is 1. The average Bonchev–Trinajstić information content (AvgIpc) is 3.14. The number of amides is 2. The number of hydrogen-bond donors (Lipinski definition) is 0. The predicted octanol–water partition coefficient (Wildman–Crippen LogP) is 2.34. The standard InChI is InChI=1S/C19H22N2O5/c1-2-25-18(24)21-14-8-9-15(21)19(16(22)10-14)12-20(17(23)26-19)11-13-6-4-3-5-7-13/h3-7,14-15H,2,8-12H2,1H3/t14-,15+,19+/m0/s1. The van der Waals surface area contributed by atoms with Crippen molar-refractivity contribution in [2.24, 2.45) is 0 Å². The largest absolute Gasteiger partial charge is 0.450 e. The number of hydrogen-bond acceptors (Lipinski definition) is 5. The molecule has 4 rings (SSSR count). The number of piperidine rings is 1. The van der Waals surface area contributed by atoms with Crippen LogP contribution in [0.4, 0.5) is 9.59 Å². The molecule has 26 heavy (non-hydrogen) atoms. The van der Waals surface area contributed by atoms with Crippen molar-refractivity contribution in [1.29, 1.82) is 0 Å². The molecule has 0 aromatic heterocycles. The van der Waals surface area contributed by atoms with Crippen LogP contribution in [0.1, 0.15) is 31.7 Å². The van der Waals surface area contributed by atoms with Crippen molar-refractivity contribution in [2.45, 2.75) is 50.4 Å². The molecule has 3 saturated heterocycles. The van der Waals surface area contributed by atoms with E-state index in [1.807, 2.05) is 30.3 Å².